The molecular weight excluding hydrogens is 156 g/mol. The highest BCUT2D eigenvalue weighted by molar-refractivity contribution is 5.70. The predicted octanol–water partition coefficient (Wildman–Crippen LogP) is 1.52. The molecule has 2 atom stereocenters. The zero-order valence-corrected chi connectivity index (χ0v) is 7.45. The van der Waals surface area contributed by atoms with Crippen molar-refractivity contribution in [2.45, 2.75) is 25.7 Å². The molecule has 70 valence electrons. The largest absolute Gasteiger partial charge is 0.481 e. The fourth-order valence-electron chi connectivity index (χ4n) is 1.95. The number of aliphatic carboxylic acids is 1. The molecule has 3 heteroatoms. The van der Waals surface area contributed by atoms with Crippen LogP contribution in [0.5, 0.6) is 0 Å². The van der Waals surface area contributed by atoms with E-state index in [4.69, 9.17) is 9.84 Å². The second-order valence-corrected chi connectivity index (χ2v) is 3.44. The van der Waals surface area contributed by atoms with Gasteiger partial charge in [0.1, 0.15) is 0 Å². The van der Waals surface area contributed by atoms with Gasteiger partial charge in [-0.15, -0.1) is 0 Å². The maximum Gasteiger partial charge on any atom is 0.306 e. The van der Waals surface area contributed by atoms with Crippen LogP contribution in [0.2, 0.25) is 0 Å². The van der Waals surface area contributed by atoms with Crippen LogP contribution in [0.1, 0.15) is 25.7 Å². The van der Waals surface area contributed by atoms with Gasteiger partial charge in [-0.3, -0.25) is 4.79 Å². The highest BCUT2D eigenvalue weighted by Crippen LogP contribution is 2.30. The number of hydrogen-bond donors (Lipinski definition) is 1. The Labute approximate surface area is 72.7 Å². The van der Waals surface area contributed by atoms with Crippen LogP contribution in [0, 0.1) is 11.8 Å². The van der Waals surface area contributed by atoms with Gasteiger partial charge in [0.2, 0.25) is 0 Å². The van der Waals surface area contributed by atoms with Gasteiger partial charge in [-0.25, -0.2) is 0 Å². The molecule has 3 nitrogen and oxygen atoms in total. The fraction of sp³-hybridized carbons (Fsp3) is 0.889. The van der Waals surface area contributed by atoms with E-state index in [1.54, 1.807) is 7.11 Å². The van der Waals surface area contributed by atoms with E-state index in [0.717, 1.165) is 25.7 Å². The van der Waals surface area contributed by atoms with Crippen molar-refractivity contribution in [2.75, 3.05) is 13.7 Å². The maximum atomic E-state index is 10.8. The minimum absolute atomic E-state index is 0.168. The smallest absolute Gasteiger partial charge is 0.306 e. The van der Waals surface area contributed by atoms with Gasteiger partial charge in [0.15, 0.2) is 0 Å². The van der Waals surface area contributed by atoms with Crippen molar-refractivity contribution in [1.29, 1.82) is 0 Å². The molecule has 1 fully saturated rings. The van der Waals surface area contributed by atoms with E-state index in [9.17, 15) is 4.79 Å². The molecule has 0 saturated heterocycles. The summed E-state index contributed by atoms with van der Waals surface area (Å²) in [6.07, 6.45) is 4.03. The summed E-state index contributed by atoms with van der Waals surface area (Å²) in [6.45, 7) is 0.594. The van der Waals surface area contributed by atoms with Gasteiger partial charge >= 0.3 is 5.97 Å². The molecule has 0 aromatic carbocycles. The molecule has 12 heavy (non-hydrogen) atoms. The molecule has 1 rings (SSSR count). The Morgan fingerprint density at radius 2 is 2.17 bits per heavy atom. The van der Waals surface area contributed by atoms with Gasteiger partial charge in [0.05, 0.1) is 5.92 Å². The Morgan fingerprint density at radius 3 is 2.75 bits per heavy atom. The van der Waals surface area contributed by atoms with Gasteiger partial charge in [0, 0.05) is 13.7 Å². The van der Waals surface area contributed by atoms with Crippen molar-refractivity contribution in [3.05, 3.63) is 0 Å². The van der Waals surface area contributed by atoms with E-state index >= 15 is 0 Å². The molecule has 1 aliphatic carbocycles. The second kappa shape index (κ2) is 4.45. The van der Waals surface area contributed by atoms with Crippen molar-refractivity contribution < 1.29 is 14.6 Å². The SMILES string of the molecule is COCC1CCCCC1C(=O)O. The molecule has 0 radical (unpaired) electrons. The van der Waals surface area contributed by atoms with E-state index in [1.807, 2.05) is 0 Å². The topological polar surface area (TPSA) is 46.5 Å². The normalized spacial score (nSPS) is 30.1. The summed E-state index contributed by atoms with van der Waals surface area (Å²) < 4.78 is 5.00. The molecule has 0 amide bonds. The Bertz CT molecular complexity index is 154. The van der Waals surface area contributed by atoms with E-state index in [0.29, 0.717) is 6.61 Å². The minimum atomic E-state index is -0.656. The molecule has 2 unspecified atom stereocenters. The molecule has 0 aromatic rings. The number of carboxylic acid groups (broad SMARTS) is 1. The van der Waals surface area contributed by atoms with Crippen LogP contribution in [0.3, 0.4) is 0 Å². The first-order valence-electron chi connectivity index (χ1n) is 4.47. The predicted molar refractivity (Wildman–Crippen MR) is 45.0 cm³/mol. The number of carbonyl (C=O) groups is 1. The van der Waals surface area contributed by atoms with Crippen LogP contribution in [-0.2, 0) is 9.53 Å². The zero-order chi connectivity index (χ0) is 8.97. The number of methoxy groups -OCH3 is 1. The summed E-state index contributed by atoms with van der Waals surface area (Å²) in [5.74, 6) is -0.586. The van der Waals surface area contributed by atoms with Crippen LogP contribution in [0.25, 0.3) is 0 Å². The molecule has 1 saturated carbocycles. The molecule has 0 aromatic heterocycles. The lowest BCUT2D eigenvalue weighted by atomic mass is 9.80. The average Bonchev–Trinajstić information content (AvgIpc) is 2.05. The summed E-state index contributed by atoms with van der Waals surface area (Å²) in [7, 11) is 1.63. The Morgan fingerprint density at radius 1 is 1.50 bits per heavy atom. The summed E-state index contributed by atoms with van der Waals surface area (Å²) in [5.41, 5.74) is 0. The quantitative estimate of drug-likeness (QED) is 0.702. The van der Waals surface area contributed by atoms with Crippen LogP contribution >= 0.6 is 0 Å². The lowest BCUT2D eigenvalue weighted by Crippen LogP contribution is -2.29. The van der Waals surface area contributed by atoms with E-state index in [-0.39, 0.29) is 11.8 Å². The van der Waals surface area contributed by atoms with Crippen molar-refractivity contribution in [3.63, 3.8) is 0 Å². The average molecular weight is 172 g/mol. The lowest BCUT2D eigenvalue weighted by Gasteiger charge is -2.27. The van der Waals surface area contributed by atoms with E-state index in [1.165, 1.54) is 0 Å². The first kappa shape index (κ1) is 9.52. The molecule has 0 bridgehead atoms. The fourth-order valence-corrected chi connectivity index (χ4v) is 1.95. The van der Waals surface area contributed by atoms with Gasteiger partial charge in [-0.05, 0) is 18.8 Å². The van der Waals surface area contributed by atoms with E-state index in [2.05, 4.69) is 0 Å². The summed E-state index contributed by atoms with van der Waals surface area (Å²) in [6, 6.07) is 0. The Hall–Kier alpha value is -0.570. The summed E-state index contributed by atoms with van der Waals surface area (Å²) >= 11 is 0. The lowest BCUT2D eigenvalue weighted by molar-refractivity contribution is -0.145. The number of carboxylic acids is 1. The Balaban J connectivity index is 2.48. The third-order valence-corrected chi connectivity index (χ3v) is 2.61. The van der Waals surface area contributed by atoms with Crippen molar-refractivity contribution >= 4 is 5.97 Å². The molecule has 0 heterocycles. The van der Waals surface area contributed by atoms with Crippen molar-refractivity contribution in [2.24, 2.45) is 11.8 Å². The van der Waals surface area contributed by atoms with Gasteiger partial charge in [0.25, 0.3) is 0 Å². The van der Waals surface area contributed by atoms with Crippen LogP contribution in [0.15, 0.2) is 0 Å². The maximum absolute atomic E-state index is 10.8. The monoisotopic (exact) mass is 172 g/mol. The highest BCUT2D eigenvalue weighted by atomic mass is 16.5. The van der Waals surface area contributed by atoms with Crippen molar-refractivity contribution in [1.82, 2.24) is 0 Å². The van der Waals surface area contributed by atoms with E-state index < -0.39 is 5.97 Å². The second-order valence-electron chi connectivity index (χ2n) is 3.44. The number of rotatable bonds is 3. The molecule has 0 aliphatic heterocycles. The first-order chi connectivity index (χ1) is 5.75. The molecule has 1 N–H and O–H groups in total. The first-order valence-corrected chi connectivity index (χ1v) is 4.47. The van der Waals surface area contributed by atoms with Crippen LogP contribution in [-0.4, -0.2) is 24.8 Å². The minimum Gasteiger partial charge on any atom is -0.481 e. The highest BCUT2D eigenvalue weighted by Gasteiger charge is 2.30. The zero-order valence-electron chi connectivity index (χ0n) is 7.45. The van der Waals surface area contributed by atoms with Gasteiger partial charge in [-0.2, -0.15) is 0 Å². The van der Waals surface area contributed by atoms with Gasteiger partial charge < -0.3 is 9.84 Å². The summed E-state index contributed by atoms with van der Waals surface area (Å²) in [5, 5.41) is 8.88. The Kier molecular flexibility index (Phi) is 3.53. The third-order valence-electron chi connectivity index (χ3n) is 2.61. The van der Waals surface area contributed by atoms with Gasteiger partial charge in [-0.1, -0.05) is 12.8 Å². The number of hydrogen-bond acceptors (Lipinski definition) is 2. The molecule has 0 spiro atoms. The number of ether oxygens (including phenoxy) is 1. The third kappa shape index (κ3) is 2.21. The standard InChI is InChI=1S/C9H16O3/c1-12-6-7-4-2-3-5-8(7)9(10)11/h7-8H,2-6H2,1H3,(H,10,11). The summed E-state index contributed by atoms with van der Waals surface area (Å²) in [4.78, 5) is 10.8. The van der Waals surface area contributed by atoms with Crippen LogP contribution < -0.4 is 0 Å². The van der Waals surface area contributed by atoms with Crippen molar-refractivity contribution in [3.8, 4) is 0 Å². The molecular formula is C9H16O3. The molecule has 1 aliphatic rings. The van der Waals surface area contributed by atoms with Crippen LogP contribution in [0.4, 0.5) is 0 Å².